The van der Waals surface area contributed by atoms with E-state index in [0.29, 0.717) is 6.54 Å². The Labute approximate surface area is 140 Å². The van der Waals surface area contributed by atoms with E-state index >= 15 is 0 Å². The van der Waals surface area contributed by atoms with Crippen LogP contribution in [0.2, 0.25) is 0 Å². The van der Waals surface area contributed by atoms with Crippen molar-refractivity contribution >= 4 is 15.7 Å². The molecule has 0 radical (unpaired) electrons. The molecule has 0 spiro atoms. The SMILES string of the molecule is CN(CCCNS(C)(=O)=O)Cc1ccccc1N1CCCCC1. The molecule has 0 unspecified atom stereocenters. The van der Waals surface area contributed by atoms with Gasteiger partial charge in [-0.25, -0.2) is 13.1 Å². The molecule has 1 saturated heterocycles. The maximum Gasteiger partial charge on any atom is 0.208 e. The number of anilines is 1. The number of para-hydroxylation sites is 1. The molecule has 0 amide bonds. The highest BCUT2D eigenvalue weighted by Crippen LogP contribution is 2.25. The van der Waals surface area contributed by atoms with Gasteiger partial charge in [-0.3, -0.25) is 0 Å². The first-order valence-electron chi connectivity index (χ1n) is 8.42. The molecule has 1 aromatic carbocycles. The van der Waals surface area contributed by atoms with E-state index < -0.39 is 10.0 Å². The van der Waals surface area contributed by atoms with Gasteiger partial charge in [0.1, 0.15) is 0 Å². The van der Waals surface area contributed by atoms with Crippen molar-refractivity contribution in [1.29, 1.82) is 0 Å². The van der Waals surface area contributed by atoms with Crippen molar-refractivity contribution in [3.63, 3.8) is 0 Å². The van der Waals surface area contributed by atoms with Crippen molar-refractivity contribution in [3.8, 4) is 0 Å². The van der Waals surface area contributed by atoms with Gasteiger partial charge in [0.2, 0.25) is 10.0 Å². The third-order valence-electron chi connectivity index (χ3n) is 4.21. The summed E-state index contributed by atoms with van der Waals surface area (Å²) in [6.45, 7) is 4.57. The summed E-state index contributed by atoms with van der Waals surface area (Å²) in [6, 6.07) is 8.64. The predicted molar refractivity (Wildman–Crippen MR) is 96.3 cm³/mol. The largest absolute Gasteiger partial charge is 0.371 e. The Balaban J connectivity index is 1.86. The molecule has 0 atom stereocenters. The maximum absolute atomic E-state index is 11.1. The molecule has 1 heterocycles. The van der Waals surface area contributed by atoms with Gasteiger partial charge in [-0.2, -0.15) is 0 Å². The van der Waals surface area contributed by atoms with Crippen LogP contribution < -0.4 is 9.62 Å². The van der Waals surface area contributed by atoms with E-state index in [-0.39, 0.29) is 0 Å². The highest BCUT2D eigenvalue weighted by Gasteiger charge is 2.14. The molecular weight excluding hydrogens is 310 g/mol. The fourth-order valence-corrected chi connectivity index (χ4v) is 3.58. The molecule has 5 nitrogen and oxygen atoms in total. The summed E-state index contributed by atoms with van der Waals surface area (Å²) in [5.41, 5.74) is 2.71. The third-order valence-corrected chi connectivity index (χ3v) is 4.94. The van der Waals surface area contributed by atoms with Crippen molar-refractivity contribution in [3.05, 3.63) is 29.8 Å². The van der Waals surface area contributed by atoms with E-state index in [1.54, 1.807) is 0 Å². The van der Waals surface area contributed by atoms with Crippen LogP contribution in [0.5, 0.6) is 0 Å². The van der Waals surface area contributed by atoms with Crippen LogP contribution in [0.25, 0.3) is 0 Å². The van der Waals surface area contributed by atoms with Gasteiger partial charge in [0, 0.05) is 31.9 Å². The number of nitrogens with zero attached hydrogens (tertiary/aromatic N) is 2. The minimum atomic E-state index is -3.08. The zero-order chi connectivity index (χ0) is 16.7. The fourth-order valence-electron chi connectivity index (χ4n) is 3.06. The lowest BCUT2D eigenvalue weighted by atomic mass is 10.1. The minimum absolute atomic E-state index is 0.497. The van der Waals surface area contributed by atoms with E-state index in [2.05, 4.69) is 45.8 Å². The van der Waals surface area contributed by atoms with E-state index in [1.807, 2.05) is 0 Å². The van der Waals surface area contributed by atoms with Gasteiger partial charge < -0.3 is 9.80 Å². The first-order valence-corrected chi connectivity index (χ1v) is 10.3. The number of hydrogen-bond acceptors (Lipinski definition) is 4. The lowest BCUT2D eigenvalue weighted by Crippen LogP contribution is -2.31. The summed E-state index contributed by atoms with van der Waals surface area (Å²) < 4.78 is 24.7. The number of hydrogen-bond donors (Lipinski definition) is 1. The molecule has 2 rings (SSSR count). The van der Waals surface area contributed by atoms with Crippen molar-refractivity contribution in [2.24, 2.45) is 0 Å². The Bertz CT molecular complexity index is 583. The summed E-state index contributed by atoms with van der Waals surface area (Å²) >= 11 is 0. The van der Waals surface area contributed by atoms with Gasteiger partial charge in [-0.05, 0) is 50.9 Å². The Hall–Kier alpha value is -1.11. The van der Waals surface area contributed by atoms with Crippen LogP contribution in [0.1, 0.15) is 31.2 Å². The first kappa shape index (κ1) is 18.2. The quantitative estimate of drug-likeness (QED) is 0.737. The standard InChI is InChI=1S/C17H29N3O2S/c1-19(12-8-11-18-23(2,21)22)15-16-9-4-5-10-17(16)20-13-6-3-7-14-20/h4-5,9-10,18H,3,6-8,11-15H2,1-2H3. The van der Waals surface area contributed by atoms with Crippen LogP contribution in [-0.4, -0.2) is 52.8 Å². The lowest BCUT2D eigenvalue weighted by Gasteiger charge is -2.31. The molecule has 1 fully saturated rings. The minimum Gasteiger partial charge on any atom is -0.371 e. The second kappa shape index (κ2) is 8.66. The van der Waals surface area contributed by atoms with E-state index in [1.165, 1.54) is 36.8 Å². The van der Waals surface area contributed by atoms with E-state index in [4.69, 9.17) is 0 Å². The van der Waals surface area contributed by atoms with Crippen molar-refractivity contribution in [2.75, 3.05) is 44.4 Å². The number of nitrogens with one attached hydrogen (secondary N) is 1. The predicted octanol–water partition coefficient (Wildman–Crippen LogP) is 2.05. The van der Waals surface area contributed by atoms with E-state index in [9.17, 15) is 8.42 Å². The molecule has 130 valence electrons. The Morgan fingerprint density at radius 2 is 1.87 bits per heavy atom. The van der Waals surface area contributed by atoms with E-state index in [0.717, 1.165) is 32.6 Å². The molecule has 0 aromatic heterocycles. The second-order valence-electron chi connectivity index (χ2n) is 6.43. The monoisotopic (exact) mass is 339 g/mol. The normalized spacial score (nSPS) is 16.0. The van der Waals surface area contributed by atoms with Crippen molar-refractivity contribution < 1.29 is 8.42 Å². The van der Waals surface area contributed by atoms with Crippen LogP contribution in [0.3, 0.4) is 0 Å². The Morgan fingerprint density at radius 1 is 1.17 bits per heavy atom. The molecule has 0 bridgehead atoms. The van der Waals surface area contributed by atoms with Gasteiger partial charge in [-0.15, -0.1) is 0 Å². The van der Waals surface area contributed by atoms with Crippen LogP contribution >= 0.6 is 0 Å². The zero-order valence-electron chi connectivity index (χ0n) is 14.3. The highest BCUT2D eigenvalue weighted by atomic mass is 32.2. The fraction of sp³-hybridized carbons (Fsp3) is 0.647. The Kier molecular flexibility index (Phi) is 6.87. The second-order valence-corrected chi connectivity index (χ2v) is 8.27. The summed E-state index contributed by atoms with van der Waals surface area (Å²) in [5.74, 6) is 0. The van der Waals surface area contributed by atoms with Gasteiger partial charge in [0.15, 0.2) is 0 Å². The summed E-state index contributed by atoms with van der Waals surface area (Å²) in [6.07, 6.45) is 5.91. The maximum atomic E-state index is 11.1. The van der Waals surface area contributed by atoms with Crippen LogP contribution in [-0.2, 0) is 16.6 Å². The molecule has 0 saturated carbocycles. The van der Waals surface area contributed by atoms with Crippen LogP contribution in [0, 0.1) is 0 Å². The molecule has 1 N–H and O–H groups in total. The number of rotatable bonds is 8. The highest BCUT2D eigenvalue weighted by molar-refractivity contribution is 7.88. The number of piperidine rings is 1. The Morgan fingerprint density at radius 3 is 2.57 bits per heavy atom. The van der Waals surface area contributed by atoms with Gasteiger partial charge in [0.25, 0.3) is 0 Å². The lowest BCUT2D eigenvalue weighted by molar-refractivity contribution is 0.322. The molecule has 1 aliphatic rings. The molecule has 23 heavy (non-hydrogen) atoms. The summed E-state index contributed by atoms with van der Waals surface area (Å²) in [5, 5.41) is 0. The molecule has 1 aliphatic heterocycles. The number of benzene rings is 1. The molecule has 6 heteroatoms. The average Bonchev–Trinajstić information content (AvgIpc) is 2.52. The smallest absolute Gasteiger partial charge is 0.208 e. The summed E-state index contributed by atoms with van der Waals surface area (Å²) in [7, 11) is -0.987. The van der Waals surface area contributed by atoms with Gasteiger partial charge >= 0.3 is 0 Å². The summed E-state index contributed by atoms with van der Waals surface area (Å²) in [4.78, 5) is 4.75. The first-order chi connectivity index (χ1) is 11.0. The molecule has 1 aromatic rings. The topological polar surface area (TPSA) is 52.7 Å². The molecular formula is C17H29N3O2S. The number of sulfonamides is 1. The van der Waals surface area contributed by atoms with Crippen molar-refractivity contribution in [2.45, 2.75) is 32.2 Å². The average molecular weight is 340 g/mol. The van der Waals surface area contributed by atoms with Crippen molar-refractivity contribution in [1.82, 2.24) is 9.62 Å². The zero-order valence-corrected chi connectivity index (χ0v) is 15.1. The third kappa shape index (κ3) is 6.49. The van der Waals surface area contributed by atoms with Crippen LogP contribution in [0.15, 0.2) is 24.3 Å². The molecule has 0 aliphatic carbocycles. The van der Waals surface area contributed by atoms with Crippen LogP contribution in [0.4, 0.5) is 5.69 Å². The van der Waals surface area contributed by atoms with Gasteiger partial charge in [0.05, 0.1) is 6.26 Å². The van der Waals surface area contributed by atoms with Gasteiger partial charge in [-0.1, -0.05) is 18.2 Å².